The Morgan fingerprint density at radius 3 is 1.70 bits per heavy atom. The van der Waals surface area contributed by atoms with Crippen LogP contribution in [0.2, 0.25) is 0 Å². The molecular weight excluding hydrogens is 368 g/mol. The number of ether oxygens (including phenoxy) is 6. The van der Waals surface area contributed by atoms with E-state index in [1.54, 1.807) is 0 Å². The molecule has 0 N–H and O–H groups in total. The van der Waals surface area contributed by atoms with Crippen LogP contribution in [-0.2, 0) is 52.4 Å². The van der Waals surface area contributed by atoms with Crippen LogP contribution in [0.15, 0.2) is 0 Å². The number of hydrogen-bond donors (Lipinski definition) is 0. The van der Waals surface area contributed by atoms with Crippen molar-refractivity contribution in [1.82, 2.24) is 0 Å². The highest BCUT2D eigenvalue weighted by atomic mass is 16.8. The SMILES string of the molecule is CC(=O)OC[C@@H](OC(C)=O)[C@H]1O[C@@H](OC(C)=O)[C@@H](OC(C)=O)[C@H]1OC(C)=O. The third-order valence-corrected chi connectivity index (χ3v) is 3.23. The highest BCUT2D eigenvalue weighted by Gasteiger charge is 2.55. The van der Waals surface area contributed by atoms with Crippen molar-refractivity contribution in [1.29, 1.82) is 0 Å². The van der Waals surface area contributed by atoms with Gasteiger partial charge in [0.25, 0.3) is 0 Å². The first-order valence-electron chi connectivity index (χ1n) is 7.99. The average Bonchev–Trinajstić information content (AvgIpc) is 2.79. The predicted molar refractivity (Wildman–Crippen MR) is 83.7 cm³/mol. The van der Waals surface area contributed by atoms with Gasteiger partial charge in [-0.25, -0.2) is 0 Å². The molecule has 0 spiro atoms. The van der Waals surface area contributed by atoms with Crippen LogP contribution < -0.4 is 0 Å². The van der Waals surface area contributed by atoms with E-state index in [1.165, 1.54) is 0 Å². The zero-order chi connectivity index (χ0) is 20.7. The van der Waals surface area contributed by atoms with Crippen LogP contribution in [0.4, 0.5) is 0 Å². The fourth-order valence-corrected chi connectivity index (χ4v) is 2.46. The summed E-state index contributed by atoms with van der Waals surface area (Å²) < 4.78 is 30.7. The normalized spacial score (nSPS) is 25.1. The van der Waals surface area contributed by atoms with E-state index in [0.29, 0.717) is 0 Å². The fourth-order valence-electron chi connectivity index (χ4n) is 2.46. The zero-order valence-corrected chi connectivity index (χ0v) is 15.6. The van der Waals surface area contributed by atoms with Gasteiger partial charge in [-0.15, -0.1) is 0 Å². The molecule has 0 aromatic carbocycles. The van der Waals surface area contributed by atoms with E-state index in [0.717, 1.165) is 34.6 Å². The topological polar surface area (TPSA) is 141 Å². The van der Waals surface area contributed by atoms with Crippen molar-refractivity contribution in [3.63, 3.8) is 0 Å². The number of carbonyl (C=O) groups excluding carboxylic acids is 5. The molecule has 1 aliphatic rings. The van der Waals surface area contributed by atoms with E-state index in [9.17, 15) is 24.0 Å². The third kappa shape index (κ3) is 7.21. The summed E-state index contributed by atoms with van der Waals surface area (Å²) >= 11 is 0. The molecule has 0 amide bonds. The lowest BCUT2D eigenvalue weighted by Crippen LogP contribution is -2.46. The first-order chi connectivity index (χ1) is 12.5. The van der Waals surface area contributed by atoms with Crippen LogP contribution in [0.3, 0.4) is 0 Å². The van der Waals surface area contributed by atoms with E-state index < -0.39 is 67.2 Å². The Hall–Kier alpha value is -2.69. The largest absolute Gasteiger partial charge is 0.462 e. The molecule has 27 heavy (non-hydrogen) atoms. The molecule has 0 radical (unpaired) electrons. The second kappa shape index (κ2) is 9.86. The molecular formula is C16H22O11. The molecule has 11 nitrogen and oxygen atoms in total. The number of rotatable bonds is 7. The smallest absolute Gasteiger partial charge is 0.305 e. The fraction of sp³-hybridized carbons (Fsp3) is 0.688. The molecule has 0 aromatic rings. The molecule has 0 aromatic heterocycles. The molecule has 1 fully saturated rings. The first kappa shape index (κ1) is 22.4. The minimum atomic E-state index is -1.42. The first-order valence-corrected chi connectivity index (χ1v) is 7.99. The van der Waals surface area contributed by atoms with Crippen molar-refractivity contribution >= 4 is 29.8 Å². The molecule has 0 saturated carbocycles. The van der Waals surface area contributed by atoms with Gasteiger partial charge in [-0.1, -0.05) is 0 Å². The standard InChI is InChI=1S/C16H22O11/c1-7(17)22-6-12(23-8(2)18)13-14(24-9(3)19)15(25-10(4)20)16(27-13)26-11(5)21/h12-16H,6H2,1-5H3/t12-,13-,14+,15+,16-/m1/s1. The number of hydrogen-bond acceptors (Lipinski definition) is 11. The van der Waals surface area contributed by atoms with Crippen molar-refractivity contribution < 1.29 is 52.4 Å². The van der Waals surface area contributed by atoms with E-state index in [2.05, 4.69) is 0 Å². The Balaban J connectivity index is 3.20. The van der Waals surface area contributed by atoms with Crippen molar-refractivity contribution in [3.8, 4) is 0 Å². The highest BCUT2D eigenvalue weighted by molar-refractivity contribution is 5.69. The second-order valence-electron chi connectivity index (χ2n) is 5.68. The lowest BCUT2D eigenvalue weighted by Gasteiger charge is -2.27. The molecule has 1 saturated heterocycles. The van der Waals surface area contributed by atoms with Crippen LogP contribution in [0.5, 0.6) is 0 Å². The lowest BCUT2D eigenvalue weighted by molar-refractivity contribution is -0.203. The number of carbonyl (C=O) groups is 5. The Kier molecular flexibility index (Phi) is 8.16. The van der Waals surface area contributed by atoms with E-state index in [1.807, 2.05) is 0 Å². The van der Waals surface area contributed by atoms with Crippen LogP contribution in [-0.4, -0.2) is 67.2 Å². The minimum absolute atomic E-state index is 0.420. The van der Waals surface area contributed by atoms with Gasteiger partial charge >= 0.3 is 29.8 Å². The van der Waals surface area contributed by atoms with Crippen molar-refractivity contribution in [2.75, 3.05) is 6.61 Å². The quantitative estimate of drug-likeness (QED) is 0.415. The maximum absolute atomic E-state index is 11.5. The Bertz CT molecular complexity index is 599. The summed E-state index contributed by atoms with van der Waals surface area (Å²) in [5.74, 6) is -3.62. The molecule has 0 bridgehead atoms. The maximum Gasteiger partial charge on any atom is 0.305 e. The third-order valence-electron chi connectivity index (χ3n) is 3.23. The molecule has 5 atom stereocenters. The monoisotopic (exact) mass is 390 g/mol. The van der Waals surface area contributed by atoms with E-state index in [4.69, 9.17) is 28.4 Å². The van der Waals surface area contributed by atoms with Crippen molar-refractivity contribution in [2.24, 2.45) is 0 Å². The van der Waals surface area contributed by atoms with Gasteiger partial charge in [0.1, 0.15) is 12.7 Å². The summed E-state index contributed by atoms with van der Waals surface area (Å²) in [5, 5.41) is 0. The van der Waals surface area contributed by atoms with Crippen LogP contribution in [0, 0.1) is 0 Å². The Morgan fingerprint density at radius 1 is 0.741 bits per heavy atom. The van der Waals surface area contributed by atoms with Gasteiger partial charge in [-0.3, -0.25) is 24.0 Å². The zero-order valence-electron chi connectivity index (χ0n) is 15.6. The van der Waals surface area contributed by atoms with Crippen LogP contribution in [0.25, 0.3) is 0 Å². The van der Waals surface area contributed by atoms with Gasteiger partial charge in [0.15, 0.2) is 12.2 Å². The summed E-state index contributed by atoms with van der Waals surface area (Å²) in [6.45, 7) is 5.15. The predicted octanol–water partition coefficient (Wildman–Crippen LogP) is -0.367. The van der Waals surface area contributed by atoms with Gasteiger partial charge in [-0.2, -0.15) is 0 Å². The molecule has 1 heterocycles. The number of esters is 5. The van der Waals surface area contributed by atoms with Gasteiger partial charge < -0.3 is 28.4 Å². The lowest BCUT2D eigenvalue weighted by atomic mass is 10.1. The average molecular weight is 390 g/mol. The van der Waals surface area contributed by atoms with Crippen molar-refractivity contribution in [3.05, 3.63) is 0 Å². The maximum atomic E-state index is 11.5. The molecule has 1 rings (SSSR count). The summed E-state index contributed by atoms with van der Waals surface area (Å²) in [5.41, 5.74) is 0. The Morgan fingerprint density at radius 2 is 1.26 bits per heavy atom. The minimum Gasteiger partial charge on any atom is -0.462 e. The second-order valence-corrected chi connectivity index (χ2v) is 5.68. The van der Waals surface area contributed by atoms with Gasteiger partial charge in [-0.05, 0) is 0 Å². The molecule has 1 aliphatic heterocycles. The molecule has 0 unspecified atom stereocenters. The molecule has 11 heteroatoms. The van der Waals surface area contributed by atoms with Crippen LogP contribution in [0.1, 0.15) is 34.6 Å². The van der Waals surface area contributed by atoms with E-state index in [-0.39, 0.29) is 0 Å². The molecule has 0 aliphatic carbocycles. The molecule has 152 valence electrons. The van der Waals surface area contributed by atoms with Gasteiger partial charge in [0, 0.05) is 34.6 Å². The highest BCUT2D eigenvalue weighted by Crippen LogP contribution is 2.31. The van der Waals surface area contributed by atoms with E-state index >= 15 is 0 Å². The van der Waals surface area contributed by atoms with Gasteiger partial charge in [0.05, 0.1) is 0 Å². The summed E-state index contributed by atoms with van der Waals surface area (Å²) in [6.07, 6.45) is -6.46. The van der Waals surface area contributed by atoms with Crippen LogP contribution >= 0.6 is 0 Å². The van der Waals surface area contributed by atoms with Gasteiger partial charge in [0.2, 0.25) is 12.4 Å². The summed E-state index contributed by atoms with van der Waals surface area (Å²) in [4.78, 5) is 56.7. The van der Waals surface area contributed by atoms with Crippen molar-refractivity contribution in [2.45, 2.75) is 65.3 Å². The summed E-state index contributed by atoms with van der Waals surface area (Å²) in [7, 11) is 0. The Labute approximate surface area is 155 Å². The summed E-state index contributed by atoms with van der Waals surface area (Å²) in [6, 6.07) is 0.